The molecule has 3 rings (SSSR count). The average Bonchev–Trinajstić information content (AvgIpc) is 2.41. The highest BCUT2D eigenvalue weighted by atomic mass is 19.1. The van der Waals surface area contributed by atoms with Crippen LogP contribution in [0.15, 0.2) is 18.2 Å². The van der Waals surface area contributed by atoms with E-state index >= 15 is 0 Å². The van der Waals surface area contributed by atoms with Crippen LogP contribution in [0.3, 0.4) is 0 Å². The first-order chi connectivity index (χ1) is 9.76. The number of benzene rings is 1. The Balaban J connectivity index is 1.55. The molecule has 1 saturated heterocycles. The number of nitriles is 1. The van der Waals surface area contributed by atoms with Crippen molar-refractivity contribution in [2.75, 3.05) is 26.2 Å². The second-order valence-electron chi connectivity index (χ2n) is 5.81. The average molecular weight is 273 g/mol. The molecule has 1 heterocycles. The van der Waals surface area contributed by atoms with Crippen molar-refractivity contribution in [1.82, 2.24) is 9.80 Å². The Morgan fingerprint density at radius 3 is 2.50 bits per heavy atom. The predicted octanol–water partition coefficient (Wildman–Crippen LogP) is 2.37. The van der Waals surface area contributed by atoms with Gasteiger partial charge in [-0.3, -0.25) is 9.80 Å². The van der Waals surface area contributed by atoms with Crippen LogP contribution in [-0.4, -0.2) is 42.0 Å². The summed E-state index contributed by atoms with van der Waals surface area (Å²) < 4.78 is 13.9. The zero-order valence-corrected chi connectivity index (χ0v) is 11.7. The van der Waals surface area contributed by atoms with Crippen molar-refractivity contribution in [3.8, 4) is 6.07 Å². The summed E-state index contributed by atoms with van der Waals surface area (Å²) in [7, 11) is 0. The van der Waals surface area contributed by atoms with Crippen LogP contribution in [0.4, 0.5) is 4.39 Å². The van der Waals surface area contributed by atoms with E-state index < -0.39 is 0 Å². The predicted molar refractivity (Wildman–Crippen MR) is 75.6 cm³/mol. The Hall–Kier alpha value is -1.44. The first-order valence-electron chi connectivity index (χ1n) is 7.41. The lowest BCUT2D eigenvalue weighted by atomic mass is 9.91. The van der Waals surface area contributed by atoms with Gasteiger partial charge in [0.2, 0.25) is 0 Å². The molecular formula is C16H20FN3. The monoisotopic (exact) mass is 273 g/mol. The summed E-state index contributed by atoms with van der Waals surface area (Å²) in [5, 5.41) is 8.75. The van der Waals surface area contributed by atoms with E-state index in [0.29, 0.717) is 17.7 Å². The van der Waals surface area contributed by atoms with Crippen LogP contribution in [-0.2, 0) is 6.54 Å². The number of piperazine rings is 1. The van der Waals surface area contributed by atoms with Gasteiger partial charge in [0, 0.05) is 44.3 Å². The smallest absolute Gasteiger partial charge is 0.129 e. The number of hydrogen-bond acceptors (Lipinski definition) is 3. The number of halogens is 1. The quantitative estimate of drug-likeness (QED) is 0.847. The Morgan fingerprint density at radius 1 is 1.20 bits per heavy atom. The molecule has 0 amide bonds. The van der Waals surface area contributed by atoms with Crippen molar-refractivity contribution >= 4 is 0 Å². The summed E-state index contributed by atoms with van der Waals surface area (Å²) >= 11 is 0. The topological polar surface area (TPSA) is 30.3 Å². The summed E-state index contributed by atoms with van der Waals surface area (Å²) in [4.78, 5) is 4.88. The van der Waals surface area contributed by atoms with Gasteiger partial charge < -0.3 is 0 Å². The maximum atomic E-state index is 13.9. The van der Waals surface area contributed by atoms with Crippen LogP contribution < -0.4 is 0 Å². The van der Waals surface area contributed by atoms with Crippen LogP contribution in [0.25, 0.3) is 0 Å². The van der Waals surface area contributed by atoms with E-state index in [1.807, 2.05) is 6.07 Å². The maximum Gasteiger partial charge on any atom is 0.129 e. The fraction of sp³-hybridized carbons (Fsp3) is 0.562. The Bertz CT molecular complexity index is 511. The molecule has 0 unspecified atom stereocenters. The minimum atomic E-state index is -0.259. The second kappa shape index (κ2) is 5.90. The fourth-order valence-corrected chi connectivity index (χ4v) is 3.02. The van der Waals surface area contributed by atoms with E-state index in [-0.39, 0.29) is 5.82 Å². The summed E-state index contributed by atoms with van der Waals surface area (Å²) in [6, 6.07) is 7.55. The molecule has 1 aromatic rings. The number of nitrogens with zero attached hydrogens (tertiary/aromatic N) is 3. The molecule has 1 aromatic carbocycles. The van der Waals surface area contributed by atoms with Gasteiger partial charge in [0.25, 0.3) is 0 Å². The molecule has 0 radical (unpaired) electrons. The van der Waals surface area contributed by atoms with Gasteiger partial charge in [-0.2, -0.15) is 5.26 Å². The first kappa shape index (κ1) is 13.5. The maximum absolute atomic E-state index is 13.9. The highest BCUT2D eigenvalue weighted by molar-refractivity contribution is 5.32. The molecular weight excluding hydrogens is 253 g/mol. The second-order valence-corrected chi connectivity index (χ2v) is 5.81. The van der Waals surface area contributed by atoms with Crippen LogP contribution in [0.1, 0.15) is 30.4 Å². The first-order valence-corrected chi connectivity index (χ1v) is 7.41. The van der Waals surface area contributed by atoms with Crippen LogP contribution in [0, 0.1) is 17.1 Å². The van der Waals surface area contributed by atoms with Crippen LogP contribution in [0.5, 0.6) is 0 Å². The molecule has 0 bridgehead atoms. The molecule has 0 spiro atoms. The number of hydrogen-bond donors (Lipinski definition) is 0. The van der Waals surface area contributed by atoms with E-state index in [9.17, 15) is 4.39 Å². The Morgan fingerprint density at radius 2 is 1.95 bits per heavy atom. The van der Waals surface area contributed by atoms with Crippen LogP contribution in [0.2, 0.25) is 0 Å². The SMILES string of the molecule is N#Cc1ccc(CN2CCN(C3CCC3)CC2)c(F)c1. The molecule has 2 aliphatic rings. The third kappa shape index (κ3) is 2.84. The van der Waals surface area contributed by atoms with E-state index in [4.69, 9.17) is 5.26 Å². The Labute approximate surface area is 119 Å². The van der Waals surface area contributed by atoms with Gasteiger partial charge in [0.15, 0.2) is 0 Å². The van der Waals surface area contributed by atoms with Crippen LogP contribution >= 0.6 is 0 Å². The molecule has 1 aliphatic carbocycles. The van der Waals surface area contributed by atoms with Crippen molar-refractivity contribution in [2.24, 2.45) is 0 Å². The molecule has 0 N–H and O–H groups in total. The largest absolute Gasteiger partial charge is 0.298 e. The lowest BCUT2D eigenvalue weighted by Crippen LogP contribution is -2.51. The van der Waals surface area contributed by atoms with Gasteiger partial charge in [-0.15, -0.1) is 0 Å². The number of rotatable bonds is 3. The van der Waals surface area contributed by atoms with Gasteiger partial charge in [0.1, 0.15) is 5.82 Å². The lowest BCUT2D eigenvalue weighted by molar-refractivity contribution is 0.0583. The summed E-state index contributed by atoms with van der Waals surface area (Å²) in [6.07, 6.45) is 4.08. The summed E-state index contributed by atoms with van der Waals surface area (Å²) in [6.45, 7) is 4.87. The lowest BCUT2D eigenvalue weighted by Gasteiger charge is -2.43. The van der Waals surface area contributed by atoms with Crippen molar-refractivity contribution in [1.29, 1.82) is 5.26 Å². The Kier molecular flexibility index (Phi) is 4.00. The molecule has 0 atom stereocenters. The third-order valence-corrected chi connectivity index (χ3v) is 4.57. The van der Waals surface area contributed by atoms with Crippen molar-refractivity contribution in [2.45, 2.75) is 31.8 Å². The molecule has 106 valence electrons. The third-order valence-electron chi connectivity index (χ3n) is 4.57. The molecule has 20 heavy (non-hydrogen) atoms. The summed E-state index contributed by atoms with van der Waals surface area (Å²) in [5.74, 6) is -0.259. The normalized spacial score (nSPS) is 21.4. The standard InChI is InChI=1S/C16H20FN3/c17-16-10-13(11-18)4-5-14(16)12-19-6-8-20(9-7-19)15-2-1-3-15/h4-5,10,15H,1-3,6-9,12H2. The van der Waals surface area contributed by atoms with Gasteiger partial charge in [-0.1, -0.05) is 12.5 Å². The molecule has 1 aliphatic heterocycles. The molecule has 4 heteroatoms. The molecule has 3 nitrogen and oxygen atoms in total. The fourth-order valence-electron chi connectivity index (χ4n) is 3.02. The molecule has 1 saturated carbocycles. The van der Waals surface area contributed by atoms with E-state index in [2.05, 4.69) is 9.80 Å². The molecule has 0 aromatic heterocycles. The van der Waals surface area contributed by atoms with Crippen molar-refractivity contribution in [3.63, 3.8) is 0 Å². The van der Waals surface area contributed by atoms with E-state index in [0.717, 1.165) is 32.2 Å². The van der Waals surface area contributed by atoms with Gasteiger partial charge >= 0.3 is 0 Å². The highest BCUT2D eigenvalue weighted by Gasteiger charge is 2.27. The zero-order valence-electron chi connectivity index (χ0n) is 11.7. The zero-order chi connectivity index (χ0) is 13.9. The van der Waals surface area contributed by atoms with E-state index in [1.165, 1.54) is 25.3 Å². The highest BCUT2D eigenvalue weighted by Crippen LogP contribution is 2.25. The van der Waals surface area contributed by atoms with Gasteiger partial charge in [-0.25, -0.2) is 4.39 Å². The van der Waals surface area contributed by atoms with Crippen molar-refractivity contribution < 1.29 is 4.39 Å². The van der Waals surface area contributed by atoms with E-state index in [1.54, 1.807) is 12.1 Å². The molecule has 2 fully saturated rings. The minimum absolute atomic E-state index is 0.259. The van der Waals surface area contributed by atoms with Gasteiger partial charge in [0.05, 0.1) is 11.6 Å². The minimum Gasteiger partial charge on any atom is -0.298 e. The summed E-state index contributed by atoms with van der Waals surface area (Å²) in [5.41, 5.74) is 1.09. The van der Waals surface area contributed by atoms with Gasteiger partial charge in [-0.05, 0) is 25.0 Å². The van der Waals surface area contributed by atoms with Crippen molar-refractivity contribution in [3.05, 3.63) is 35.1 Å².